The average molecular weight is 321 g/mol. The Morgan fingerprint density at radius 3 is 2.73 bits per heavy atom. The fraction of sp³-hybridized carbons (Fsp3) is 0.0667. The second-order valence-electron chi connectivity index (χ2n) is 4.33. The summed E-state index contributed by atoms with van der Waals surface area (Å²) in [5.74, 6) is -0.278. The smallest absolute Gasteiger partial charge is 0.211 e. The quantitative estimate of drug-likeness (QED) is 0.504. The van der Waals surface area contributed by atoms with Crippen LogP contribution in [0.5, 0.6) is 5.75 Å². The molecule has 2 aromatic rings. The third-order valence-electron chi connectivity index (χ3n) is 2.69. The van der Waals surface area contributed by atoms with E-state index in [0.717, 1.165) is 5.56 Å². The molecule has 0 radical (unpaired) electrons. The van der Waals surface area contributed by atoms with Crippen molar-refractivity contribution in [1.29, 1.82) is 0 Å². The summed E-state index contributed by atoms with van der Waals surface area (Å²) < 4.78 is 19.0. The number of nitrogens with two attached hydrogens (primary N) is 2. The van der Waals surface area contributed by atoms with Gasteiger partial charge in [0.1, 0.15) is 18.2 Å². The third kappa shape index (κ3) is 4.46. The molecule has 0 bridgehead atoms. The van der Waals surface area contributed by atoms with E-state index in [9.17, 15) is 4.39 Å². The number of hydrogen-bond acceptors (Lipinski definition) is 3. The highest BCUT2D eigenvalue weighted by atomic mass is 35.5. The van der Waals surface area contributed by atoms with E-state index in [2.05, 4.69) is 10.2 Å². The Balaban J connectivity index is 2.19. The van der Waals surface area contributed by atoms with Gasteiger partial charge in [-0.25, -0.2) is 4.39 Å². The number of halogens is 2. The first-order valence-electron chi connectivity index (χ1n) is 6.34. The topological polar surface area (TPSA) is 86.0 Å². The van der Waals surface area contributed by atoms with Crippen molar-refractivity contribution in [3.05, 3.63) is 64.4 Å². The molecule has 2 aromatic carbocycles. The van der Waals surface area contributed by atoms with Crippen LogP contribution in [0.15, 0.2) is 52.7 Å². The number of benzene rings is 2. The van der Waals surface area contributed by atoms with Gasteiger partial charge in [0.25, 0.3) is 0 Å². The summed E-state index contributed by atoms with van der Waals surface area (Å²) in [6.45, 7) is 0.201. The van der Waals surface area contributed by atoms with Crippen LogP contribution in [0.2, 0.25) is 5.02 Å². The maximum absolute atomic E-state index is 13.4. The summed E-state index contributed by atoms with van der Waals surface area (Å²) in [4.78, 5) is 0. The molecule has 4 N–H and O–H groups in total. The predicted molar refractivity (Wildman–Crippen MR) is 85.6 cm³/mol. The van der Waals surface area contributed by atoms with Crippen LogP contribution in [0.4, 0.5) is 4.39 Å². The Kier molecular flexibility index (Phi) is 5.32. The van der Waals surface area contributed by atoms with Crippen LogP contribution in [-0.2, 0) is 6.61 Å². The minimum absolute atomic E-state index is 0.170. The van der Waals surface area contributed by atoms with Gasteiger partial charge in [0.2, 0.25) is 5.96 Å². The van der Waals surface area contributed by atoms with Crippen molar-refractivity contribution < 1.29 is 9.13 Å². The minimum Gasteiger partial charge on any atom is -0.488 e. The molecule has 0 aliphatic heterocycles. The van der Waals surface area contributed by atoms with Crippen molar-refractivity contribution >= 4 is 23.8 Å². The first kappa shape index (κ1) is 15.8. The van der Waals surface area contributed by atoms with Gasteiger partial charge in [-0.1, -0.05) is 29.8 Å². The molecule has 2 rings (SSSR count). The number of ether oxygens (including phenoxy) is 1. The molecule has 0 fully saturated rings. The highest BCUT2D eigenvalue weighted by Crippen LogP contribution is 2.22. The van der Waals surface area contributed by atoms with Crippen LogP contribution < -0.4 is 16.2 Å². The molecule has 0 aliphatic rings. The maximum atomic E-state index is 13.4. The van der Waals surface area contributed by atoms with E-state index < -0.39 is 5.82 Å². The lowest BCUT2D eigenvalue weighted by atomic mass is 10.2. The number of rotatable bonds is 5. The fourth-order valence-electron chi connectivity index (χ4n) is 1.67. The van der Waals surface area contributed by atoms with Crippen LogP contribution in [-0.4, -0.2) is 12.2 Å². The molecular formula is C15H14ClFN4O. The molecule has 5 nitrogen and oxygen atoms in total. The zero-order valence-corrected chi connectivity index (χ0v) is 12.3. The first-order chi connectivity index (χ1) is 10.6. The summed E-state index contributed by atoms with van der Waals surface area (Å²) in [6.07, 6.45) is 1.38. The molecule has 0 amide bonds. The van der Waals surface area contributed by atoms with Gasteiger partial charge in [0.15, 0.2) is 0 Å². The second-order valence-corrected chi connectivity index (χ2v) is 4.74. The summed E-state index contributed by atoms with van der Waals surface area (Å²) in [6, 6.07) is 11.3. The molecule has 7 heteroatoms. The molecule has 0 aliphatic carbocycles. The summed E-state index contributed by atoms with van der Waals surface area (Å²) in [5, 5.41) is 7.75. The molecule has 0 saturated carbocycles. The van der Waals surface area contributed by atoms with Crippen LogP contribution in [0.1, 0.15) is 11.1 Å². The Morgan fingerprint density at radius 1 is 1.23 bits per heavy atom. The van der Waals surface area contributed by atoms with E-state index in [-0.39, 0.29) is 12.6 Å². The fourth-order valence-corrected chi connectivity index (χ4v) is 1.86. The summed E-state index contributed by atoms with van der Waals surface area (Å²) >= 11 is 6.05. The Morgan fingerprint density at radius 2 is 2.00 bits per heavy atom. The normalized spacial score (nSPS) is 10.6. The van der Waals surface area contributed by atoms with Crippen LogP contribution in [0.3, 0.4) is 0 Å². The van der Waals surface area contributed by atoms with Gasteiger partial charge in [-0.2, -0.15) is 5.10 Å². The highest BCUT2D eigenvalue weighted by molar-refractivity contribution is 6.31. The van der Waals surface area contributed by atoms with E-state index in [1.807, 2.05) is 18.2 Å². The van der Waals surface area contributed by atoms with Gasteiger partial charge < -0.3 is 16.2 Å². The van der Waals surface area contributed by atoms with Crippen molar-refractivity contribution in [2.45, 2.75) is 6.61 Å². The van der Waals surface area contributed by atoms with Gasteiger partial charge in [-0.3, -0.25) is 0 Å². The highest BCUT2D eigenvalue weighted by Gasteiger charge is 2.06. The van der Waals surface area contributed by atoms with Gasteiger partial charge in [0, 0.05) is 22.2 Å². The van der Waals surface area contributed by atoms with Gasteiger partial charge >= 0.3 is 0 Å². The maximum Gasteiger partial charge on any atom is 0.211 e. The average Bonchev–Trinajstić information content (AvgIpc) is 2.48. The van der Waals surface area contributed by atoms with Crippen molar-refractivity contribution in [3.8, 4) is 5.75 Å². The van der Waals surface area contributed by atoms with E-state index in [1.54, 1.807) is 6.07 Å². The van der Waals surface area contributed by atoms with E-state index >= 15 is 0 Å². The summed E-state index contributed by atoms with van der Waals surface area (Å²) in [5.41, 5.74) is 11.7. The zero-order valence-electron chi connectivity index (χ0n) is 11.5. The van der Waals surface area contributed by atoms with Gasteiger partial charge in [-0.15, -0.1) is 5.10 Å². The van der Waals surface area contributed by atoms with Crippen molar-refractivity contribution in [1.82, 2.24) is 0 Å². The van der Waals surface area contributed by atoms with Crippen LogP contribution in [0, 0.1) is 5.82 Å². The lowest BCUT2D eigenvalue weighted by Gasteiger charge is -2.10. The third-order valence-corrected chi connectivity index (χ3v) is 3.06. The SMILES string of the molecule is NC(N)=NN=Cc1ccc(F)cc1OCc1ccccc1Cl. The van der Waals surface area contributed by atoms with Crippen LogP contribution >= 0.6 is 11.6 Å². The van der Waals surface area contributed by atoms with Gasteiger partial charge in [-0.05, 0) is 18.2 Å². The lowest BCUT2D eigenvalue weighted by molar-refractivity contribution is 0.304. The van der Waals surface area contributed by atoms with E-state index in [0.29, 0.717) is 16.3 Å². The molecule has 0 saturated heterocycles. The lowest BCUT2D eigenvalue weighted by Crippen LogP contribution is -2.21. The summed E-state index contributed by atoms with van der Waals surface area (Å²) in [7, 11) is 0. The predicted octanol–water partition coefficient (Wildman–Crippen LogP) is 2.67. The zero-order chi connectivity index (χ0) is 15.9. The molecule has 114 valence electrons. The molecule has 0 atom stereocenters. The standard InChI is InChI=1S/C15H14ClFN4O/c16-13-4-2-1-3-11(13)9-22-14-7-12(17)6-5-10(14)8-20-21-15(18)19/h1-8H,9H2,(H4,18,19,21). The monoisotopic (exact) mass is 320 g/mol. The molecule has 0 heterocycles. The molecule has 0 unspecified atom stereocenters. The minimum atomic E-state index is -0.423. The molecule has 22 heavy (non-hydrogen) atoms. The number of nitrogens with zero attached hydrogens (tertiary/aromatic N) is 2. The van der Waals surface area contributed by atoms with Crippen LogP contribution in [0.25, 0.3) is 0 Å². The Bertz CT molecular complexity index is 714. The van der Waals surface area contributed by atoms with Crippen molar-refractivity contribution in [3.63, 3.8) is 0 Å². The molecule has 0 aromatic heterocycles. The van der Waals surface area contributed by atoms with E-state index in [4.69, 9.17) is 27.8 Å². The number of guanidine groups is 1. The first-order valence-corrected chi connectivity index (χ1v) is 6.72. The van der Waals surface area contributed by atoms with Crippen molar-refractivity contribution in [2.24, 2.45) is 21.7 Å². The Hall–Kier alpha value is -2.60. The van der Waals surface area contributed by atoms with Gasteiger partial charge in [0.05, 0.1) is 6.21 Å². The van der Waals surface area contributed by atoms with E-state index in [1.165, 1.54) is 24.4 Å². The Labute approximate surface area is 132 Å². The second kappa shape index (κ2) is 7.42. The molecular weight excluding hydrogens is 307 g/mol. The largest absolute Gasteiger partial charge is 0.488 e. The van der Waals surface area contributed by atoms with Crippen molar-refractivity contribution in [2.75, 3.05) is 0 Å². The number of hydrogen-bond donors (Lipinski definition) is 2. The molecule has 0 spiro atoms.